The summed E-state index contributed by atoms with van der Waals surface area (Å²) in [4.78, 5) is 4.60. The molecule has 156 valence electrons. The first kappa shape index (κ1) is 19.9. The van der Waals surface area contributed by atoms with Gasteiger partial charge in [0.2, 0.25) is 17.3 Å². The number of thioether (sulfide) groups is 1. The second-order valence-corrected chi connectivity index (χ2v) is 8.70. The van der Waals surface area contributed by atoms with Crippen molar-refractivity contribution >= 4 is 29.1 Å². The zero-order valence-electron chi connectivity index (χ0n) is 16.9. The molecule has 0 bridgehead atoms. The van der Waals surface area contributed by atoms with E-state index in [2.05, 4.69) is 20.5 Å². The SMILES string of the molecule is CCSc1nnc2c(n1)OC(c1ccc(-c3cc(Cl)ccc3C)o1)Nc1ccccc1-2. The first-order chi connectivity index (χ1) is 15.1. The zero-order valence-corrected chi connectivity index (χ0v) is 18.5. The number of benzene rings is 2. The number of anilines is 1. The van der Waals surface area contributed by atoms with Crippen LogP contribution in [-0.4, -0.2) is 20.9 Å². The summed E-state index contributed by atoms with van der Waals surface area (Å²) in [6.45, 7) is 4.07. The van der Waals surface area contributed by atoms with Crippen molar-refractivity contribution in [3.8, 4) is 28.5 Å². The van der Waals surface area contributed by atoms with E-state index in [-0.39, 0.29) is 0 Å². The zero-order chi connectivity index (χ0) is 21.4. The van der Waals surface area contributed by atoms with Crippen LogP contribution in [0, 0.1) is 6.92 Å². The van der Waals surface area contributed by atoms with E-state index in [1.165, 1.54) is 11.8 Å². The van der Waals surface area contributed by atoms with E-state index in [1.54, 1.807) is 0 Å². The quantitative estimate of drug-likeness (QED) is 0.362. The van der Waals surface area contributed by atoms with Gasteiger partial charge in [-0.15, -0.1) is 10.2 Å². The van der Waals surface area contributed by atoms with Gasteiger partial charge in [0.25, 0.3) is 0 Å². The Bertz CT molecular complexity index is 1260. The minimum Gasteiger partial charge on any atom is -0.455 e. The number of aryl methyl sites for hydroxylation is 1. The summed E-state index contributed by atoms with van der Waals surface area (Å²) in [5.41, 5.74) is 4.37. The summed E-state index contributed by atoms with van der Waals surface area (Å²) in [5.74, 6) is 2.62. The van der Waals surface area contributed by atoms with Crippen LogP contribution in [0.15, 0.2) is 64.2 Å². The predicted molar refractivity (Wildman–Crippen MR) is 123 cm³/mol. The number of hydrogen-bond donors (Lipinski definition) is 1. The third kappa shape index (κ3) is 3.86. The Labute approximate surface area is 189 Å². The van der Waals surface area contributed by atoms with Crippen LogP contribution in [0.25, 0.3) is 22.6 Å². The molecule has 1 N–H and O–H groups in total. The van der Waals surface area contributed by atoms with E-state index in [0.717, 1.165) is 33.9 Å². The molecule has 2 aromatic carbocycles. The lowest BCUT2D eigenvalue weighted by Gasteiger charge is -2.16. The summed E-state index contributed by atoms with van der Waals surface area (Å²) in [6.07, 6.45) is -0.577. The molecule has 1 aliphatic rings. The molecule has 2 aromatic heterocycles. The molecule has 0 amide bonds. The summed E-state index contributed by atoms with van der Waals surface area (Å²) in [7, 11) is 0. The topological polar surface area (TPSA) is 73.1 Å². The predicted octanol–water partition coefficient (Wildman–Crippen LogP) is 6.38. The van der Waals surface area contributed by atoms with Crippen LogP contribution >= 0.6 is 23.4 Å². The van der Waals surface area contributed by atoms with E-state index < -0.39 is 6.23 Å². The summed E-state index contributed by atoms with van der Waals surface area (Å²) in [6, 6.07) is 17.4. The molecule has 6 nitrogen and oxygen atoms in total. The molecule has 0 saturated carbocycles. The van der Waals surface area contributed by atoms with Crippen molar-refractivity contribution in [1.29, 1.82) is 0 Å². The van der Waals surface area contributed by atoms with Crippen molar-refractivity contribution in [2.75, 3.05) is 11.1 Å². The molecule has 4 aromatic rings. The molecule has 8 heteroatoms. The van der Waals surface area contributed by atoms with Crippen molar-refractivity contribution in [3.63, 3.8) is 0 Å². The molecule has 1 unspecified atom stereocenters. The highest BCUT2D eigenvalue weighted by molar-refractivity contribution is 7.99. The summed E-state index contributed by atoms with van der Waals surface area (Å²) in [5, 5.41) is 13.3. The third-order valence-corrected chi connectivity index (χ3v) is 5.91. The number of halogens is 1. The van der Waals surface area contributed by atoms with Crippen molar-refractivity contribution < 1.29 is 9.15 Å². The number of hydrogen-bond acceptors (Lipinski definition) is 7. The summed E-state index contributed by atoms with van der Waals surface area (Å²) < 4.78 is 12.5. The van der Waals surface area contributed by atoms with Crippen LogP contribution in [0.5, 0.6) is 5.88 Å². The number of furan rings is 1. The normalized spacial score (nSPS) is 14.7. The highest BCUT2D eigenvalue weighted by atomic mass is 35.5. The molecular weight excluding hydrogens is 432 g/mol. The lowest BCUT2D eigenvalue weighted by Crippen LogP contribution is -2.16. The van der Waals surface area contributed by atoms with E-state index in [1.807, 2.05) is 68.4 Å². The lowest BCUT2D eigenvalue weighted by atomic mass is 10.1. The van der Waals surface area contributed by atoms with Gasteiger partial charge in [-0.1, -0.05) is 54.6 Å². The van der Waals surface area contributed by atoms with Crippen LogP contribution in [0.3, 0.4) is 0 Å². The number of nitrogens with one attached hydrogen (secondary N) is 1. The smallest absolute Gasteiger partial charge is 0.247 e. The van der Waals surface area contributed by atoms with Crippen molar-refractivity contribution in [3.05, 3.63) is 70.9 Å². The fourth-order valence-corrected chi connectivity index (χ4v) is 4.14. The molecule has 0 radical (unpaired) electrons. The van der Waals surface area contributed by atoms with Crippen LogP contribution < -0.4 is 10.1 Å². The third-order valence-electron chi connectivity index (χ3n) is 4.96. The van der Waals surface area contributed by atoms with Crippen LogP contribution in [-0.2, 0) is 0 Å². The van der Waals surface area contributed by atoms with E-state index in [4.69, 9.17) is 20.8 Å². The molecule has 31 heavy (non-hydrogen) atoms. The maximum atomic E-state index is 6.26. The lowest BCUT2D eigenvalue weighted by molar-refractivity contribution is 0.196. The molecule has 0 spiro atoms. The molecule has 0 fully saturated rings. The first-order valence-corrected chi connectivity index (χ1v) is 11.2. The van der Waals surface area contributed by atoms with Crippen molar-refractivity contribution in [1.82, 2.24) is 15.2 Å². The minimum absolute atomic E-state index is 0.422. The average molecular weight is 451 g/mol. The highest BCUT2D eigenvalue weighted by Gasteiger charge is 2.28. The molecule has 1 atom stereocenters. The van der Waals surface area contributed by atoms with E-state index in [9.17, 15) is 0 Å². The number of ether oxygens (including phenoxy) is 1. The molecule has 1 aliphatic heterocycles. The largest absolute Gasteiger partial charge is 0.455 e. The van der Waals surface area contributed by atoms with Gasteiger partial charge in [0, 0.05) is 21.8 Å². The summed E-state index contributed by atoms with van der Waals surface area (Å²) >= 11 is 7.71. The van der Waals surface area contributed by atoms with Gasteiger partial charge in [-0.3, -0.25) is 0 Å². The Balaban J connectivity index is 1.56. The van der Waals surface area contributed by atoms with Crippen LogP contribution in [0.4, 0.5) is 5.69 Å². The van der Waals surface area contributed by atoms with Gasteiger partial charge < -0.3 is 14.5 Å². The fraction of sp³-hybridized carbons (Fsp3) is 0.174. The molecule has 0 aliphatic carbocycles. The number of nitrogens with zero attached hydrogens (tertiary/aromatic N) is 3. The van der Waals surface area contributed by atoms with Gasteiger partial charge in [-0.05, 0) is 48.6 Å². The Morgan fingerprint density at radius 3 is 2.81 bits per heavy atom. The standard InChI is InChI=1S/C23H19ClN4O2S/c1-3-31-23-26-22-20(27-28-23)15-6-4-5-7-17(15)25-21(30-22)19-11-10-18(29-19)16-12-14(24)9-8-13(16)2/h4-12,21,25H,3H2,1-2H3. The highest BCUT2D eigenvalue weighted by Crippen LogP contribution is 2.40. The molecular formula is C23H19ClN4O2S. The Morgan fingerprint density at radius 2 is 1.94 bits per heavy atom. The monoisotopic (exact) mass is 450 g/mol. The van der Waals surface area contributed by atoms with Gasteiger partial charge >= 0.3 is 0 Å². The van der Waals surface area contributed by atoms with Gasteiger partial charge in [-0.25, -0.2) is 0 Å². The fourth-order valence-electron chi connectivity index (χ4n) is 3.46. The minimum atomic E-state index is -0.577. The maximum Gasteiger partial charge on any atom is 0.247 e. The second kappa shape index (κ2) is 8.24. The van der Waals surface area contributed by atoms with Crippen molar-refractivity contribution in [2.45, 2.75) is 25.2 Å². The average Bonchev–Trinajstić information content (AvgIpc) is 3.20. The van der Waals surface area contributed by atoms with Gasteiger partial charge in [0.1, 0.15) is 5.76 Å². The van der Waals surface area contributed by atoms with Crippen LogP contribution in [0.2, 0.25) is 5.02 Å². The van der Waals surface area contributed by atoms with Crippen molar-refractivity contribution in [2.24, 2.45) is 0 Å². The Kier molecular flexibility index (Phi) is 5.29. The number of fused-ring (bicyclic) bond motifs is 3. The number of aromatic nitrogens is 3. The van der Waals surface area contributed by atoms with Crippen LogP contribution in [0.1, 0.15) is 24.5 Å². The van der Waals surface area contributed by atoms with Gasteiger partial charge in [0.15, 0.2) is 11.5 Å². The molecule has 3 heterocycles. The second-order valence-electron chi connectivity index (χ2n) is 7.03. The maximum absolute atomic E-state index is 6.26. The van der Waals surface area contributed by atoms with Gasteiger partial charge in [-0.2, -0.15) is 4.98 Å². The Morgan fingerprint density at radius 1 is 1.06 bits per heavy atom. The molecule has 5 rings (SSSR count). The molecule has 0 saturated heterocycles. The number of rotatable bonds is 4. The first-order valence-electron chi connectivity index (χ1n) is 9.88. The van der Waals surface area contributed by atoms with E-state index in [0.29, 0.717) is 27.5 Å². The Hall–Kier alpha value is -3.03. The van der Waals surface area contributed by atoms with E-state index >= 15 is 0 Å². The number of para-hydroxylation sites is 1. The van der Waals surface area contributed by atoms with Gasteiger partial charge in [0.05, 0.1) is 0 Å².